The van der Waals surface area contributed by atoms with Gasteiger partial charge < -0.3 is 19.6 Å². The van der Waals surface area contributed by atoms with Crippen molar-refractivity contribution in [2.24, 2.45) is 0 Å². The summed E-state index contributed by atoms with van der Waals surface area (Å²) in [5.74, 6) is 0.928. The monoisotopic (exact) mass is 399 g/mol. The van der Waals surface area contributed by atoms with Crippen LogP contribution in [0.5, 0.6) is 5.75 Å². The maximum atomic E-state index is 6.48. The smallest absolute Gasteiger partial charge is 0.167 e. The van der Waals surface area contributed by atoms with Gasteiger partial charge in [0.25, 0.3) is 0 Å². The molecular formula is C26H29N3O. The second-order valence-corrected chi connectivity index (χ2v) is 8.27. The van der Waals surface area contributed by atoms with Gasteiger partial charge in [-0.15, -0.1) is 0 Å². The highest BCUT2D eigenvalue weighted by Crippen LogP contribution is 2.41. The van der Waals surface area contributed by atoms with E-state index < -0.39 is 0 Å². The molecule has 2 N–H and O–H groups in total. The number of ether oxygens (including phenoxy) is 1. The summed E-state index contributed by atoms with van der Waals surface area (Å²) in [6.07, 6.45) is 0. The molecule has 0 saturated heterocycles. The Hall–Kier alpha value is -2.98. The number of nitrogens with one attached hydrogen (secondary N) is 2. The molecule has 30 heavy (non-hydrogen) atoms. The lowest BCUT2D eigenvalue weighted by atomic mass is 10.1. The molecule has 0 fully saturated rings. The van der Waals surface area contributed by atoms with Crippen molar-refractivity contribution in [2.45, 2.75) is 27.7 Å². The molecular weight excluding hydrogens is 370 g/mol. The van der Waals surface area contributed by atoms with Crippen LogP contribution in [0.4, 0.5) is 0 Å². The summed E-state index contributed by atoms with van der Waals surface area (Å²) in [6.45, 7) is 12.3. The summed E-state index contributed by atoms with van der Waals surface area (Å²) >= 11 is 0. The first kappa shape index (κ1) is 19.0. The molecule has 2 aromatic heterocycles. The lowest BCUT2D eigenvalue weighted by molar-refractivity contribution is 0.225. The van der Waals surface area contributed by atoms with E-state index in [-0.39, 0.29) is 0 Å². The van der Waals surface area contributed by atoms with Crippen molar-refractivity contribution in [3.05, 3.63) is 53.6 Å². The fourth-order valence-electron chi connectivity index (χ4n) is 4.54. The van der Waals surface area contributed by atoms with Gasteiger partial charge in [-0.1, -0.05) is 37.1 Å². The van der Waals surface area contributed by atoms with Crippen LogP contribution >= 0.6 is 0 Å². The van der Waals surface area contributed by atoms with Crippen LogP contribution in [0.25, 0.3) is 43.6 Å². The molecule has 0 aliphatic heterocycles. The number of aryl methyl sites for hydroxylation is 2. The molecule has 0 spiro atoms. The molecule has 5 aromatic rings. The van der Waals surface area contributed by atoms with E-state index in [0.717, 1.165) is 47.5 Å². The highest BCUT2D eigenvalue weighted by Gasteiger charge is 2.18. The molecule has 4 nitrogen and oxygen atoms in total. The average Bonchev–Trinajstić information content (AvgIpc) is 3.28. The van der Waals surface area contributed by atoms with Crippen molar-refractivity contribution < 1.29 is 4.74 Å². The zero-order chi connectivity index (χ0) is 20.8. The van der Waals surface area contributed by atoms with Crippen LogP contribution in [0.2, 0.25) is 0 Å². The van der Waals surface area contributed by atoms with Gasteiger partial charge in [0.05, 0.1) is 11.0 Å². The Bertz CT molecular complexity index is 1280. The number of aromatic nitrogens is 2. The van der Waals surface area contributed by atoms with Gasteiger partial charge in [0.2, 0.25) is 0 Å². The minimum atomic E-state index is 0.665. The normalized spacial score (nSPS) is 12.2. The van der Waals surface area contributed by atoms with E-state index in [4.69, 9.17) is 4.74 Å². The molecule has 2 heterocycles. The Kier molecular flexibility index (Phi) is 4.67. The molecule has 0 unspecified atom stereocenters. The van der Waals surface area contributed by atoms with Gasteiger partial charge in [-0.3, -0.25) is 0 Å². The van der Waals surface area contributed by atoms with Crippen molar-refractivity contribution in [3.63, 3.8) is 0 Å². The van der Waals surface area contributed by atoms with Crippen molar-refractivity contribution in [1.29, 1.82) is 0 Å². The Balaban J connectivity index is 1.76. The van der Waals surface area contributed by atoms with Crippen LogP contribution in [-0.4, -0.2) is 41.1 Å². The minimum absolute atomic E-state index is 0.665. The molecule has 0 radical (unpaired) electrons. The first-order valence-electron chi connectivity index (χ1n) is 10.9. The van der Waals surface area contributed by atoms with Crippen LogP contribution in [0.1, 0.15) is 25.0 Å². The first-order valence-corrected chi connectivity index (χ1v) is 10.9. The van der Waals surface area contributed by atoms with Crippen LogP contribution in [0.3, 0.4) is 0 Å². The summed E-state index contributed by atoms with van der Waals surface area (Å²) in [4.78, 5) is 9.65. The first-order chi connectivity index (χ1) is 14.6. The summed E-state index contributed by atoms with van der Waals surface area (Å²) in [5.41, 5.74) is 6.98. The van der Waals surface area contributed by atoms with Crippen molar-refractivity contribution in [2.75, 3.05) is 26.2 Å². The Morgan fingerprint density at radius 2 is 1.27 bits per heavy atom. The number of fused-ring (bicyclic) bond motifs is 6. The molecule has 0 atom stereocenters. The summed E-state index contributed by atoms with van der Waals surface area (Å²) < 4.78 is 6.48. The van der Waals surface area contributed by atoms with Gasteiger partial charge in [0, 0.05) is 39.1 Å². The summed E-state index contributed by atoms with van der Waals surface area (Å²) in [6, 6.07) is 15.5. The number of hydrogen-bond acceptors (Lipinski definition) is 2. The van der Waals surface area contributed by atoms with Crippen LogP contribution in [-0.2, 0) is 0 Å². The van der Waals surface area contributed by atoms with E-state index in [1.165, 1.54) is 32.7 Å². The second kappa shape index (κ2) is 7.37. The zero-order valence-electron chi connectivity index (χ0n) is 18.2. The van der Waals surface area contributed by atoms with Gasteiger partial charge in [-0.25, -0.2) is 0 Å². The topological polar surface area (TPSA) is 44.0 Å². The molecule has 4 heteroatoms. The lowest BCUT2D eigenvalue weighted by Crippen LogP contribution is -2.27. The van der Waals surface area contributed by atoms with E-state index in [0.29, 0.717) is 6.61 Å². The lowest BCUT2D eigenvalue weighted by Gasteiger charge is -2.18. The van der Waals surface area contributed by atoms with Gasteiger partial charge in [-0.2, -0.15) is 0 Å². The van der Waals surface area contributed by atoms with Gasteiger partial charge >= 0.3 is 0 Å². The molecule has 5 rings (SSSR count). The van der Waals surface area contributed by atoms with Gasteiger partial charge in [0.15, 0.2) is 5.75 Å². The van der Waals surface area contributed by atoms with Crippen molar-refractivity contribution in [3.8, 4) is 5.75 Å². The SMILES string of the molecule is CCN(CC)CCOc1c2[nH]c3ccc(C)cc3c2cc2c1[nH]c1ccc(C)cc12. The fourth-order valence-corrected chi connectivity index (χ4v) is 4.54. The van der Waals surface area contributed by atoms with E-state index in [1.807, 2.05) is 0 Å². The summed E-state index contributed by atoms with van der Waals surface area (Å²) in [7, 11) is 0. The van der Waals surface area contributed by atoms with Crippen LogP contribution < -0.4 is 4.74 Å². The Labute approximate surface area is 176 Å². The molecule has 0 amide bonds. The van der Waals surface area contributed by atoms with Crippen molar-refractivity contribution >= 4 is 43.6 Å². The Morgan fingerprint density at radius 1 is 0.733 bits per heavy atom. The fraction of sp³-hybridized carbons (Fsp3) is 0.308. The summed E-state index contributed by atoms with van der Waals surface area (Å²) in [5, 5.41) is 4.95. The zero-order valence-corrected chi connectivity index (χ0v) is 18.2. The van der Waals surface area contributed by atoms with Crippen LogP contribution in [0, 0.1) is 13.8 Å². The van der Waals surface area contributed by atoms with E-state index >= 15 is 0 Å². The molecule has 154 valence electrons. The predicted octanol–water partition coefficient (Wildman–Crippen LogP) is 6.29. The van der Waals surface area contributed by atoms with Crippen LogP contribution in [0.15, 0.2) is 42.5 Å². The van der Waals surface area contributed by atoms with E-state index in [1.54, 1.807) is 0 Å². The number of H-pyrrole nitrogens is 2. The third-order valence-electron chi connectivity index (χ3n) is 6.28. The highest BCUT2D eigenvalue weighted by atomic mass is 16.5. The minimum Gasteiger partial charge on any atom is -0.488 e. The highest BCUT2D eigenvalue weighted by molar-refractivity contribution is 6.20. The van der Waals surface area contributed by atoms with E-state index in [2.05, 4.69) is 85.0 Å². The maximum absolute atomic E-state index is 6.48. The Morgan fingerprint density at radius 3 is 1.77 bits per heavy atom. The number of benzene rings is 3. The average molecular weight is 400 g/mol. The third kappa shape index (κ3) is 3.03. The maximum Gasteiger partial charge on any atom is 0.167 e. The van der Waals surface area contributed by atoms with Crippen molar-refractivity contribution in [1.82, 2.24) is 14.9 Å². The molecule has 3 aromatic carbocycles. The molecule has 0 bridgehead atoms. The largest absolute Gasteiger partial charge is 0.488 e. The van der Waals surface area contributed by atoms with Gasteiger partial charge in [0.1, 0.15) is 6.61 Å². The van der Waals surface area contributed by atoms with E-state index in [9.17, 15) is 0 Å². The second-order valence-electron chi connectivity index (χ2n) is 8.27. The quantitative estimate of drug-likeness (QED) is 0.352. The number of nitrogens with zero attached hydrogens (tertiary/aromatic N) is 1. The molecule has 0 aliphatic carbocycles. The number of aromatic amines is 2. The number of hydrogen-bond donors (Lipinski definition) is 2. The molecule has 0 saturated carbocycles. The standard InChI is InChI=1S/C26H29N3O/c1-5-29(6-2)11-12-30-26-24-20(18-13-16(3)7-9-22(18)27-24)15-21-19-14-17(4)8-10-23(19)28-25(21)26/h7-10,13-15,27-28H,5-6,11-12H2,1-4H3. The molecule has 0 aliphatic rings. The van der Waals surface area contributed by atoms with Gasteiger partial charge in [-0.05, 0) is 57.3 Å². The third-order valence-corrected chi connectivity index (χ3v) is 6.28. The number of rotatable bonds is 6. The number of likely N-dealkylation sites (N-methyl/N-ethyl adjacent to an activating group) is 1. The predicted molar refractivity (Wildman–Crippen MR) is 128 cm³/mol.